The Morgan fingerprint density at radius 2 is 1.86 bits per heavy atom. The van der Waals surface area contributed by atoms with Crippen LogP contribution in [0, 0.1) is 6.92 Å². The van der Waals surface area contributed by atoms with Gasteiger partial charge in [-0.25, -0.2) is 8.42 Å². The molecule has 0 aliphatic carbocycles. The van der Waals surface area contributed by atoms with Gasteiger partial charge in [0, 0.05) is 0 Å². The van der Waals surface area contributed by atoms with Gasteiger partial charge in [0.1, 0.15) is 5.88 Å². The number of hydrogen-bond donors (Lipinski definition) is 1. The number of sulfone groups is 1. The van der Waals surface area contributed by atoms with E-state index in [0.29, 0.717) is 6.41 Å². The molecule has 76 valence electrons. The van der Waals surface area contributed by atoms with Gasteiger partial charge in [0.05, 0.1) is 4.90 Å². The van der Waals surface area contributed by atoms with Gasteiger partial charge in [-0.3, -0.25) is 4.79 Å². The van der Waals surface area contributed by atoms with Crippen molar-refractivity contribution in [3.8, 4) is 0 Å². The number of amides is 1. The molecule has 0 saturated carbocycles. The molecule has 1 aromatic rings. The van der Waals surface area contributed by atoms with Crippen LogP contribution in [0.4, 0.5) is 0 Å². The molecule has 0 saturated heterocycles. The van der Waals surface area contributed by atoms with Gasteiger partial charge in [-0.2, -0.15) is 0 Å². The second-order valence-electron chi connectivity index (χ2n) is 2.89. The summed E-state index contributed by atoms with van der Waals surface area (Å²) in [6.07, 6.45) is 0.367. The largest absolute Gasteiger partial charge is 0.344 e. The average molecular weight is 215 g/mol. The molecule has 0 aromatic heterocycles. The number of benzene rings is 1. The van der Waals surface area contributed by atoms with Crippen molar-refractivity contribution in [2.75, 3.05) is 5.88 Å². The van der Waals surface area contributed by atoms with Crippen molar-refractivity contribution in [1.82, 2.24) is 5.32 Å². The highest BCUT2D eigenvalue weighted by molar-refractivity contribution is 7.91. The third-order valence-electron chi connectivity index (χ3n) is 1.74. The van der Waals surface area contributed by atoms with E-state index in [0.717, 1.165) is 5.56 Å². The SMILES string of the molecule is Cc1ccc(S(=O)(=O)[14CH2]NC=O)cc1. The number of nitrogens with one attached hydrogen (secondary N) is 1. The fourth-order valence-electron chi connectivity index (χ4n) is 0.973. The zero-order valence-corrected chi connectivity index (χ0v) is 8.54. The molecule has 0 aliphatic rings. The molecule has 0 unspecified atom stereocenters. The smallest absolute Gasteiger partial charge is 0.207 e. The van der Waals surface area contributed by atoms with Crippen LogP contribution in [-0.2, 0) is 14.6 Å². The zero-order chi connectivity index (χ0) is 10.6. The lowest BCUT2D eigenvalue weighted by molar-refractivity contribution is -0.109. The van der Waals surface area contributed by atoms with E-state index in [4.69, 9.17) is 0 Å². The first-order valence-electron chi connectivity index (χ1n) is 4.03. The average Bonchev–Trinajstić information content (AvgIpc) is 2.16. The first kappa shape index (κ1) is 10.7. The summed E-state index contributed by atoms with van der Waals surface area (Å²) in [6.45, 7) is 1.88. The maximum Gasteiger partial charge on any atom is 0.207 e. The minimum absolute atomic E-state index is 0.220. The Bertz CT molecular complexity index is 408. The van der Waals surface area contributed by atoms with E-state index in [2.05, 4.69) is 5.32 Å². The van der Waals surface area contributed by atoms with Gasteiger partial charge < -0.3 is 5.32 Å². The highest BCUT2D eigenvalue weighted by Crippen LogP contribution is 2.10. The molecule has 0 radical (unpaired) electrons. The molecule has 4 nitrogen and oxygen atoms in total. The van der Waals surface area contributed by atoms with Crippen LogP contribution in [0.25, 0.3) is 0 Å². The van der Waals surface area contributed by atoms with Crippen molar-refractivity contribution in [2.45, 2.75) is 11.8 Å². The number of aryl methyl sites for hydroxylation is 1. The van der Waals surface area contributed by atoms with Crippen LogP contribution in [0.3, 0.4) is 0 Å². The molecule has 14 heavy (non-hydrogen) atoms. The Morgan fingerprint density at radius 1 is 1.29 bits per heavy atom. The summed E-state index contributed by atoms with van der Waals surface area (Å²) in [6, 6.07) is 6.48. The molecule has 0 heterocycles. The Hall–Kier alpha value is -1.36. The first-order chi connectivity index (χ1) is 6.56. The number of carbonyl (C=O) groups excluding carboxylic acids is 1. The molecular weight excluding hydrogens is 204 g/mol. The lowest BCUT2D eigenvalue weighted by Crippen LogP contribution is -2.21. The lowest BCUT2D eigenvalue weighted by Gasteiger charge is -2.03. The third kappa shape index (κ3) is 2.56. The van der Waals surface area contributed by atoms with Gasteiger partial charge >= 0.3 is 0 Å². The number of rotatable bonds is 4. The second kappa shape index (κ2) is 4.23. The number of carbonyl (C=O) groups is 1. The Balaban J connectivity index is 2.93. The molecule has 0 bridgehead atoms. The summed E-state index contributed by atoms with van der Waals surface area (Å²) < 4.78 is 23.0. The van der Waals surface area contributed by atoms with Crippen molar-refractivity contribution < 1.29 is 13.2 Å². The van der Waals surface area contributed by atoms with Crippen LogP contribution in [-0.4, -0.2) is 20.7 Å². The van der Waals surface area contributed by atoms with Crippen LogP contribution in [0.5, 0.6) is 0 Å². The summed E-state index contributed by atoms with van der Waals surface area (Å²) in [5.74, 6) is -0.362. The predicted molar refractivity (Wildman–Crippen MR) is 52.4 cm³/mol. The Labute approximate surface area is 82.9 Å². The fourth-order valence-corrected chi connectivity index (χ4v) is 1.98. The lowest BCUT2D eigenvalue weighted by atomic mass is 10.2. The van der Waals surface area contributed by atoms with Crippen LogP contribution in [0.15, 0.2) is 29.2 Å². The summed E-state index contributed by atoms with van der Waals surface area (Å²) in [5, 5.41) is 2.13. The molecule has 1 aromatic carbocycles. The zero-order valence-electron chi connectivity index (χ0n) is 7.73. The molecule has 0 fully saturated rings. The fraction of sp³-hybridized carbons (Fsp3) is 0.222. The highest BCUT2D eigenvalue weighted by Gasteiger charge is 2.12. The normalized spacial score (nSPS) is 10.9. The van der Waals surface area contributed by atoms with E-state index < -0.39 is 9.84 Å². The van der Waals surface area contributed by atoms with E-state index in [1.807, 2.05) is 6.92 Å². The van der Waals surface area contributed by atoms with E-state index in [9.17, 15) is 13.2 Å². The molecule has 0 aliphatic heterocycles. The van der Waals surface area contributed by atoms with Gasteiger partial charge in [0.2, 0.25) is 6.41 Å². The van der Waals surface area contributed by atoms with Crippen molar-refractivity contribution >= 4 is 16.2 Å². The minimum atomic E-state index is -3.38. The van der Waals surface area contributed by atoms with Gasteiger partial charge in [0.25, 0.3) is 0 Å². The molecular formula is C9H11NO3S. The van der Waals surface area contributed by atoms with E-state index in [-0.39, 0.29) is 10.8 Å². The van der Waals surface area contributed by atoms with Crippen molar-refractivity contribution in [2.24, 2.45) is 0 Å². The first-order valence-corrected chi connectivity index (χ1v) is 5.68. The van der Waals surface area contributed by atoms with Crippen LogP contribution in [0.2, 0.25) is 0 Å². The van der Waals surface area contributed by atoms with Gasteiger partial charge in [-0.05, 0) is 19.1 Å². The summed E-state index contributed by atoms with van der Waals surface area (Å²) >= 11 is 0. The highest BCUT2D eigenvalue weighted by atomic mass is 32.2. The van der Waals surface area contributed by atoms with Crippen molar-refractivity contribution in [1.29, 1.82) is 0 Å². The molecule has 0 atom stereocenters. The summed E-state index contributed by atoms with van der Waals surface area (Å²) in [4.78, 5) is 10.2. The van der Waals surface area contributed by atoms with Crippen LogP contribution in [0.1, 0.15) is 5.56 Å². The van der Waals surface area contributed by atoms with E-state index in [1.54, 1.807) is 12.1 Å². The second-order valence-corrected chi connectivity index (χ2v) is 4.88. The quantitative estimate of drug-likeness (QED) is 0.743. The summed E-state index contributed by atoms with van der Waals surface area (Å²) in [5.41, 5.74) is 0.993. The third-order valence-corrected chi connectivity index (χ3v) is 3.27. The molecule has 5 heteroatoms. The monoisotopic (exact) mass is 215 g/mol. The van der Waals surface area contributed by atoms with Gasteiger partial charge in [-0.15, -0.1) is 0 Å². The van der Waals surface area contributed by atoms with E-state index >= 15 is 0 Å². The topological polar surface area (TPSA) is 63.2 Å². The van der Waals surface area contributed by atoms with Crippen LogP contribution < -0.4 is 5.32 Å². The Morgan fingerprint density at radius 3 is 2.36 bits per heavy atom. The van der Waals surface area contributed by atoms with Crippen LogP contribution >= 0.6 is 0 Å². The molecule has 1 N–H and O–H groups in total. The maximum atomic E-state index is 11.5. The Kier molecular flexibility index (Phi) is 3.24. The number of hydrogen-bond acceptors (Lipinski definition) is 3. The predicted octanol–water partition coefficient (Wildman–Crippen LogP) is 0.472. The van der Waals surface area contributed by atoms with Crippen molar-refractivity contribution in [3.63, 3.8) is 0 Å². The van der Waals surface area contributed by atoms with Crippen molar-refractivity contribution in [3.05, 3.63) is 29.8 Å². The van der Waals surface area contributed by atoms with E-state index in [1.165, 1.54) is 12.1 Å². The minimum Gasteiger partial charge on any atom is -0.344 e. The maximum absolute atomic E-state index is 11.5. The molecule has 1 amide bonds. The van der Waals surface area contributed by atoms with Gasteiger partial charge in [0.15, 0.2) is 9.84 Å². The standard InChI is InChI=1S/C9H11NO3S/c1-8-2-4-9(5-3-8)14(12,13)7-10-6-11/h2-6H,7H2,1H3,(H,10,11)/i7+2. The van der Waals surface area contributed by atoms with Gasteiger partial charge in [-0.1, -0.05) is 17.7 Å². The molecule has 0 spiro atoms. The molecule has 1 rings (SSSR count). The summed E-state index contributed by atoms with van der Waals surface area (Å²) in [7, 11) is -3.38.